The van der Waals surface area contributed by atoms with Gasteiger partial charge in [-0.15, -0.1) is 0 Å². The summed E-state index contributed by atoms with van der Waals surface area (Å²) in [6.45, 7) is 14.7. The molecule has 51 heavy (non-hydrogen) atoms. The first-order chi connectivity index (χ1) is 24.5. The zero-order chi connectivity index (χ0) is 36.2. The smallest absolute Gasteiger partial charge is 0.282 e. The quantitative estimate of drug-likeness (QED) is 0.138. The summed E-state index contributed by atoms with van der Waals surface area (Å²) in [5.41, 5.74) is 8.65. The normalized spacial score (nSPS) is 11.5. The summed E-state index contributed by atoms with van der Waals surface area (Å²) in [6, 6.07) is 28.7. The average molecular weight is 682 g/mol. The van der Waals surface area contributed by atoms with Crippen LogP contribution < -0.4 is 20.3 Å². The highest BCUT2D eigenvalue weighted by Gasteiger charge is 2.19. The molecule has 9 heteroatoms. The van der Waals surface area contributed by atoms with E-state index >= 15 is 0 Å². The number of carbonyl (C=O) groups is 1. The highest BCUT2D eigenvalue weighted by molar-refractivity contribution is 5.92. The number of hydrogen-bond donors (Lipinski definition) is 1. The molecular weight excluding hydrogens is 638 g/mol. The van der Waals surface area contributed by atoms with Crippen molar-refractivity contribution in [3.05, 3.63) is 135 Å². The van der Waals surface area contributed by atoms with Crippen LogP contribution in [0.1, 0.15) is 60.3 Å². The Balaban J connectivity index is 1.30. The van der Waals surface area contributed by atoms with Gasteiger partial charge in [0.2, 0.25) is 0 Å². The molecule has 0 spiro atoms. The van der Waals surface area contributed by atoms with E-state index < -0.39 is 0 Å². The zero-order valence-corrected chi connectivity index (χ0v) is 30.2. The van der Waals surface area contributed by atoms with Crippen LogP contribution in [0.4, 0.5) is 5.69 Å². The third-order valence-electron chi connectivity index (χ3n) is 8.94. The predicted molar refractivity (Wildman–Crippen MR) is 205 cm³/mol. The first-order valence-electron chi connectivity index (χ1n) is 17.2. The van der Waals surface area contributed by atoms with Crippen LogP contribution in [-0.2, 0) is 4.79 Å². The van der Waals surface area contributed by atoms with Gasteiger partial charge in [0.05, 0.1) is 23.7 Å². The molecular formula is C42H43N5O4. The molecule has 1 N–H and O–H groups in total. The third-order valence-corrected chi connectivity index (χ3v) is 8.94. The molecule has 2 heterocycles. The highest BCUT2D eigenvalue weighted by atomic mass is 16.5. The maximum Gasteiger partial charge on any atom is 0.282 e. The van der Waals surface area contributed by atoms with Gasteiger partial charge >= 0.3 is 0 Å². The molecule has 0 radical (unpaired) electrons. The Bertz CT molecular complexity index is 2320. The Hall–Kier alpha value is -5.96. The van der Waals surface area contributed by atoms with E-state index in [4.69, 9.17) is 19.6 Å². The van der Waals surface area contributed by atoms with Gasteiger partial charge in [0.15, 0.2) is 12.4 Å². The van der Waals surface area contributed by atoms with Crippen molar-refractivity contribution < 1.29 is 14.3 Å². The van der Waals surface area contributed by atoms with Gasteiger partial charge in [0.25, 0.3) is 11.5 Å². The highest BCUT2D eigenvalue weighted by Crippen LogP contribution is 2.34. The van der Waals surface area contributed by atoms with Crippen LogP contribution >= 0.6 is 0 Å². The van der Waals surface area contributed by atoms with Gasteiger partial charge in [-0.2, -0.15) is 9.78 Å². The van der Waals surface area contributed by atoms with Crippen LogP contribution in [0.25, 0.3) is 28.0 Å². The molecule has 9 nitrogen and oxygen atoms in total. The van der Waals surface area contributed by atoms with Gasteiger partial charge in [-0.3, -0.25) is 9.59 Å². The Morgan fingerprint density at radius 2 is 1.63 bits per heavy atom. The van der Waals surface area contributed by atoms with Crippen LogP contribution in [0.5, 0.6) is 11.5 Å². The summed E-state index contributed by atoms with van der Waals surface area (Å²) in [7, 11) is 0. The van der Waals surface area contributed by atoms with E-state index in [0.29, 0.717) is 29.1 Å². The second kappa shape index (κ2) is 14.9. The maximum absolute atomic E-state index is 14.0. The number of hydrogen-bond acceptors (Lipinski definition) is 6. The lowest BCUT2D eigenvalue weighted by Gasteiger charge is -2.18. The van der Waals surface area contributed by atoms with Gasteiger partial charge in [-0.25, -0.2) is 4.98 Å². The van der Waals surface area contributed by atoms with Crippen molar-refractivity contribution in [1.29, 1.82) is 0 Å². The molecule has 0 bridgehead atoms. The number of para-hydroxylation sites is 2. The summed E-state index contributed by atoms with van der Waals surface area (Å²) in [5, 5.41) is 8.17. The third kappa shape index (κ3) is 7.33. The van der Waals surface area contributed by atoms with Crippen LogP contribution in [0.15, 0.2) is 101 Å². The number of aromatic nitrogens is 3. The van der Waals surface area contributed by atoms with Crippen molar-refractivity contribution in [3.8, 4) is 28.6 Å². The van der Waals surface area contributed by atoms with Crippen LogP contribution in [0, 0.1) is 27.7 Å². The zero-order valence-electron chi connectivity index (χ0n) is 30.2. The van der Waals surface area contributed by atoms with E-state index in [9.17, 15) is 9.59 Å². The lowest BCUT2D eigenvalue weighted by Crippen LogP contribution is -2.21. The van der Waals surface area contributed by atoms with Gasteiger partial charge in [-0.05, 0) is 118 Å². The van der Waals surface area contributed by atoms with Crippen LogP contribution in [0.2, 0.25) is 0 Å². The summed E-state index contributed by atoms with van der Waals surface area (Å²) >= 11 is 0. The number of nitrogens with one attached hydrogen (secondary N) is 1. The van der Waals surface area contributed by atoms with Crippen molar-refractivity contribution in [2.24, 2.45) is 5.10 Å². The molecule has 1 amide bonds. The number of amides is 1. The number of rotatable bonds is 11. The molecule has 0 aliphatic heterocycles. The van der Waals surface area contributed by atoms with E-state index in [2.05, 4.69) is 29.8 Å². The molecule has 0 aliphatic rings. The number of anilines is 1. The molecule has 0 saturated heterocycles. The summed E-state index contributed by atoms with van der Waals surface area (Å²) in [4.78, 5) is 31.5. The minimum absolute atomic E-state index is 0.101. The van der Waals surface area contributed by atoms with E-state index in [1.165, 1.54) is 4.68 Å². The second-order valence-electron chi connectivity index (χ2n) is 12.9. The summed E-state index contributed by atoms with van der Waals surface area (Å²) in [6.07, 6.45) is 1.72. The molecule has 6 aromatic rings. The topological polar surface area (TPSA) is 99.7 Å². The molecule has 0 unspecified atom stereocenters. The van der Waals surface area contributed by atoms with Crippen molar-refractivity contribution in [2.75, 3.05) is 18.5 Å². The fraction of sp³-hybridized carbons (Fsp3) is 0.238. The van der Waals surface area contributed by atoms with Crippen LogP contribution in [-0.4, -0.2) is 39.6 Å². The van der Waals surface area contributed by atoms with Crippen LogP contribution in [0.3, 0.4) is 0 Å². The molecule has 0 atom stereocenters. The lowest BCUT2D eigenvalue weighted by atomic mass is 9.96. The SMILES string of the molecule is CCOc1cc(C)c(-c2nc3ccccc3c(=O)n2N=Cc2cc(C)n(-c3ccc(OCC(=O)Nc4ccccc4C)cc3)c2C)cc1C(C)C. The second-order valence-corrected chi connectivity index (χ2v) is 12.9. The largest absolute Gasteiger partial charge is 0.494 e. The van der Waals surface area contributed by atoms with Crippen molar-refractivity contribution in [2.45, 2.75) is 54.4 Å². The Morgan fingerprint density at radius 3 is 2.35 bits per heavy atom. The molecule has 0 aliphatic carbocycles. The van der Waals surface area contributed by atoms with Gasteiger partial charge in [0.1, 0.15) is 11.5 Å². The van der Waals surface area contributed by atoms with E-state index in [1.807, 2.05) is 113 Å². The van der Waals surface area contributed by atoms with Crippen molar-refractivity contribution in [1.82, 2.24) is 14.2 Å². The van der Waals surface area contributed by atoms with Crippen molar-refractivity contribution in [3.63, 3.8) is 0 Å². The van der Waals surface area contributed by atoms with Gasteiger partial charge in [-0.1, -0.05) is 44.2 Å². The van der Waals surface area contributed by atoms with Gasteiger partial charge < -0.3 is 19.4 Å². The Kier molecular flexibility index (Phi) is 10.2. The molecule has 6 rings (SSSR count). The Labute approximate surface area is 298 Å². The number of ether oxygens (including phenoxy) is 2. The monoisotopic (exact) mass is 681 g/mol. The number of fused-ring (bicyclic) bond motifs is 1. The minimum atomic E-state index is -0.247. The van der Waals surface area contributed by atoms with Crippen molar-refractivity contribution >= 4 is 28.7 Å². The number of aryl methyl sites for hydroxylation is 3. The minimum Gasteiger partial charge on any atom is -0.494 e. The number of benzene rings is 4. The standard InChI is InChI=1S/C42H43N5O4/c1-8-50-39-21-28(5)36(23-35(39)26(2)3)41-45-38-16-12-10-14-34(38)42(49)47(41)43-24-31-22-29(6)46(30(31)7)32-17-19-33(20-18-32)51-25-40(48)44-37-15-11-9-13-27(37)4/h9-24,26H,8,25H2,1-7H3,(H,44,48). The average Bonchev–Trinajstić information content (AvgIpc) is 3.40. The van der Waals surface area contributed by atoms with Gasteiger partial charge in [0, 0.05) is 33.9 Å². The first-order valence-corrected chi connectivity index (χ1v) is 17.2. The number of nitrogens with zero attached hydrogens (tertiary/aromatic N) is 4. The summed E-state index contributed by atoms with van der Waals surface area (Å²) < 4.78 is 15.3. The molecule has 0 fully saturated rings. The number of carbonyl (C=O) groups excluding carboxylic acids is 1. The van der Waals surface area contributed by atoms with E-state index in [0.717, 1.165) is 56.3 Å². The summed E-state index contributed by atoms with van der Waals surface area (Å²) in [5.74, 6) is 1.86. The fourth-order valence-electron chi connectivity index (χ4n) is 6.25. The Morgan fingerprint density at radius 1 is 0.902 bits per heavy atom. The molecule has 2 aromatic heterocycles. The van der Waals surface area contributed by atoms with E-state index in [1.54, 1.807) is 12.3 Å². The predicted octanol–water partition coefficient (Wildman–Crippen LogP) is 8.51. The molecule has 4 aromatic carbocycles. The lowest BCUT2D eigenvalue weighted by molar-refractivity contribution is -0.118. The molecule has 260 valence electrons. The molecule has 0 saturated carbocycles. The maximum atomic E-state index is 14.0. The first kappa shape index (κ1) is 34.9. The van der Waals surface area contributed by atoms with E-state index in [-0.39, 0.29) is 24.0 Å². The fourth-order valence-corrected chi connectivity index (χ4v) is 6.25.